The molecule has 0 heterocycles. The Morgan fingerprint density at radius 1 is 1.09 bits per heavy atom. The quantitative estimate of drug-likeness (QED) is 0.312. The fraction of sp³-hybridized carbons (Fsp3) is 0.600. The molecule has 0 aromatic rings. The minimum Gasteiger partial charge on any atom is -0.127 e. The molecule has 11 heavy (non-hydrogen) atoms. The van der Waals surface area contributed by atoms with Gasteiger partial charge in [0, 0.05) is 5.88 Å². The molecular weight excluding hydrogens is 156 g/mol. The molecule has 0 unspecified atom stereocenters. The van der Waals surface area contributed by atoms with Gasteiger partial charge in [-0.05, 0) is 18.8 Å². The second-order valence-corrected chi connectivity index (χ2v) is 3.05. The van der Waals surface area contributed by atoms with Crippen LogP contribution in [0.1, 0.15) is 25.7 Å². The predicted octanol–water partition coefficient (Wildman–Crippen LogP) is 3.77. The summed E-state index contributed by atoms with van der Waals surface area (Å²) in [5.74, 6) is 1.28. The summed E-state index contributed by atoms with van der Waals surface area (Å²) in [5.41, 5.74) is 0. The van der Waals surface area contributed by atoms with Crippen LogP contribution in [0.3, 0.4) is 0 Å². The Morgan fingerprint density at radius 3 is 2.18 bits per heavy atom. The summed E-state index contributed by atoms with van der Waals surface area (Å²) in [5, 5.41) is 0. The van der Waals surface area contributed by atoms with Crippen molar-refractivity contribution in [1.82, 2.24) is 0 Å². The second-order valence-electron chi connectivity index (χ2n) is 2.67. The standard InChI is InChI=1S/C10H17Cl/c1-3-10(4-2)8-6-5-7-9-11/h3-4,10H,1-2,5-9H2. The fourth-order valence-electron chi connectivity index (χ4n) is 0.983. The minimum absolute atomic E-state index is 0.491. The lowest BCUT2D eigenvalue weighted by molar-refractivity contribution is 0.614. The van der Waals surface area contributed by atoms with E-state index in [-0.39, 0.29) is 0 Å². The Bertz CT molecular complexity index is 99.4. The maximum absolute atomic E-state index is 5.54. The van der Waals surface area contributed by atoms with E-state index in [0.717, 1.165) is 12.3 Å². The number of allylic oxidation sites excluding steroid dienone is 2. The first-order chi connectivity index (χ1) is 5.35. The molecule has 0 radical (unpaired) electrons. The monoisotopic (exact) mass is 172 g/mol. The third kappa shape index (κ3) is 6.18. The van der Waals surface area contributed by atoms with Gasteiger partial charge in [-0.2, -0.15) is 0 Å². The van der Waals surface area contributed by atoms with Crippen molar-refractivity contribution in [1.29, 1.82) is 0 Å². The van der Waals surface area contributed by atoms with Gasteiger partial charge < -0.3 is 0 Å². The maximum atomic E-state index is 5.54. The average Bonchev–Trinajstić information content (AvgIpc) is 2.05. The van der Waals surface area contributed by atoms with E-state index >= 15 is 0 Å². The predicted molar refractivity (Wildman–Crippen MR) is 53.1 cm³/mol. The van der Waals surface area contributed by atoms with Crippen molar-refractivity contribution >= 4 is 11.6 Å². The Kier molecular flexibility index (Phi) is 7.71. The first-order valence-corrected chi connectivity index (χ1v) is 4.69. The molecule has 0 atom stereocenters. The number of hydrogen-bond acceptors (Lipinski definition) is 0. The lowest BCUT2D eigenvalue weighted by Gasteiger charge is -2.04. The summed E-state index contributed by atoms with van der Waals surface area (Å²) in [6.45, 7) is 7.47. The van der Waals surface area contributed by atoms with Crippen LogP contribution in [0.5, 0.6) is 0 Å². The summed E-state index contributed by atoms with van der Waals surface area (Å²) in [6.07, 6.45) is 8.66. The lowest BCUT2D eigenvalue weighted by atomic mass is 10.0. The van der Waals surface area contributed by atoms with Crippen molar-refractivity contribution in [2.75, 3.05) is 5.88 Å². The molecule has 0 bridgehead atoms. The molecule has 0 spiro atoms. The van der Waals surface area contributed by atoms with Crippen molar-refractivity contribution < 1.29 is 0 Å². The molecule has 0 fully saturated rings. The largest absolute Gasteiger partial charge is 0.127 e. The van der Waals surface area contributed by atoms with E-state index in [4.69, 9.17) is 11.6 Å². The van der Waals surface area contributed by atoms with Crippen molar-refractivity contribution in [2.24, 2.45) is 5.92 Å². The Morgan fingerprint density at radius 2 is 1.73 bits per heavy atom. The molecule has 0 saturated carbocycles. The number of hydrogen-bond donors (Lipinski definition) is 0. The normalized spacial score (nSPS) is 10.0. The van der Waals surface area contributed by atoms with Gasteiger partial charge in [-0.15, -0.1) is 24.8 Å². The van der Waals surface area contributed by atoms with Gasteiger partial charge in [-0.25, -0.2) is 0 Å². The van der Waals surface area contributed by atoms with E-state index in [1.165, 1.54) is 19.3 Å². The Labute approximate surface area is 74.9 Å². The number of rotatable bonds is 7. The fourth-order valence-corrected chi connectivity index (χ4v) is 1.17. The third-order valence-electron chi connectivity index (χ3n) is 1.78. The molecule has 0 amide bonds. The molecule has 64 valence electrons. The summed E-state index contributed by atoms with van der Waals surface area (Å²) >= 11 is 5.54. The van der Waals surface area contributed by atoms with Crippen LogP contribution in [0.25, 0.3) is 0 Å². The molecule has 0 nitrogen and oxygen atoms in total. The molecule has 0 aliphatic heterocycles. The van der Waals surface area contributed by atoms with Crippen LogP contribution in [-0.4, -0.2) is 5.88 Å². The van der Waals surface area contributed by atoms with E-state index in [0.29, 0.717) is 5.92 Å². The van der Waals surface area contributed by atoms with Crippen LogP contribution < -0.4 is 0 Å². The van der Waals surface area contributed by atoms with Gasteiger partial charge in [0.25, 0.3) is 0 Å². The number of halogens is 1. The molecule has 1 heteroatoms. The zero-order chi connectivity index (χ0) is 8.53. The first kappa shape index (κ1) is 10.8. The van der Waals surface area contributed by atoms with Crippen LogP contribution in [0.4, 0.5) is 0 Å². The highest BCUT2D eigenvalue weighted by molar-refractivity contribution is 6.17. The molecule has 0 rings (SSSR count). The molecular formula is C10H17Cl. The van der Waals surface area contributed by atoms with E-state index in [9.17, 15) is 0 Å². The smallest absolute Gasteiger partial charge is 0.0223 e. The van der Waals surface area contributed by atoms with E-state index < -0.39 is 0 Å². The minimum atomic E-state index is 0.491. The molecule has 0 aromatic heterocycles. The molecule has 0 aliphatic carbocycles. The summed E-state index contributed by atoms with van der Waals surface area (Å²) in [7, 11) is 0. The van der Waals surface area contributed by atoms with Crippen molar-refractivity contribution in [3.05, 3.63) is 25.3 Å². The van der Waals surface area contributed by atoms with Crippen molar-refractivity contribution in [3.8, 4) is 0 Å². The number of unbranched alkanes of at least 4 members (excludes halogenated alkanes) is 2. The molecule has 0 aliphatic rings. The molecule has 0 N–H and O–H groups in total. The topological polar surface area (TPSA) is 0 Å². The highest BCUT2D eigenvalue weighted by atomic mass is 35.5. The third-order valence-corrected chi connectivity index (χ3v) is 2.04. The molecule has 0 saturated heterocycles. The van der Waals surface area contributed by atoms with Crippen LogP contribution in [0, 0.1) is 5.92 Å². The van der Waals surface area contributed by atoms with Gasteiger partial charge in [-0.3, -0.25) is 0 Å². The van der Waals surface area contributed by atoms with E-state index in [1.807, 2.05) is 12.2 Å². The van der Waals surface area contributed by atoms with Gasteiger partial charge in [0.2, 0.25) is 0 Å². The zero-order valence-electron chi connectivity index (χ0n) is 7.06. The van der Waals surface area contributed by atoms with Crippen LogP contribution >= 0.6 is 11.6 Å². The zero-order valence-corrected chi connectivity index (χ0v) is 7.82. The summed E-state index contributed by atoms with van der Waals surface area (Å²) in [6, 6.07) is 0. The Balaban J connectivity index is 3.21. The average molecular weight is 173 g/mol. The highest BCUT2D eigenvalue weighted by Gasteiger charge is 1.96. The Hall–Kier alpha value is -0.230. The van der Waals surface area contributed by atoms with Gasteiger partial charge in [-0.1, -0.05) is 25.0 Å². The van der Waals surface area contributed by atoms with E-state index in [1.54, 1.807) is 0 Å². The SMILES string of the molecule is C=CC(C=C)CCCCCCl. The number of alkyl halides is 1. The lowest BCUT2D eigenvalue weighted by Crippen LogP contribution is -1.90. The van der Waals surface area contributed by atoms with Crippen LogP contribution in [0.2, 0.25) is 0 Å². The summed E-state index contributed by atoms with van der Waals surface area (Å²) < 4.78 is 0. The van der Waals surface area contributed by atoms with Crippen molar-refractivity contribution in [3.63, 3.8) is 0 Å². The van der Waals surface area contributed by atoms with Gasteiger partial charge in [0.05, 0.1) is 0 Å². The van der Waals surface area contributed by atoms with Crippen molar-refractivity contribution in [2.45, 2.75) is 25.7 Å². The van der Waals surface area contributed by atoms with Gasteiger partial charge in [0.1, 0.15) is 0 Å². The van der Waals surface area contributed by atoms with Gasteiger partial charge >= 0.3 is 0 Å². The highest BCUT2D eigenvalue weighted by Crippen LogP contribution is 2.11. The van der Waals surface area contributed by atoms with Crippen LogP contribution in [-0.2, 0) is 0 Å². The van der Waals surface area contributed by atoms with E-state index in [2.05, 4.69) is 13.2 Å². The maximum Gasteiger partial charge on any atom is 0.0223 e. The first-order valence-electron chi connectivity index (χ1n) is 4.16. The van der Waals surface area contributed by atoms with Crippen LogP contribution in [0.15, 0.2) is 25.3 Å². The molecule has 0 aromatic carbocycles. The van der Waals surface area contributed by atoms with Gasteiger partial charge in [0.15, 0.2) is 0 Å². The summed E-state index contributed by atoms with van der Waals surface area (Å²) in [4.78, 5) is 0. The second kappa shape index (κ2) is 7.87.